The van der Waals surface area contributed by atoms with Crippen LogP contribution in [0.15, 0.2) is 18.2 Å². The van der Waals surface area contributed by atoms with E-state index in [2.05, 4.69) is 37.9 Å². The Hall–Kier alpha value is -1.09. The highest BCUT2D eigenvalue weighted by Gasteiger charge is 2.11. The number of halogens is 1. The Labute approximate surface area is 123 Å². The van der Waals surface area contributed by atoms with Crippen molar-refractivity contribution in [2.45, 2.75) is 47.1 Å². The van der Waals surface area contributed by atoms with E-state index in [0.29, 0.717) is 5.92 Å². The smallest absolute Gasteiger partial charge is 0.123 e. The maximum Gasteiger partial charge on any atom is 0.123 e. The van der Waals surface area contributed by atoms with E-state index in [-0.39, 0.29) is 5.82 Å². The zero-order chi connectivity index (χ0) is 15.0. The summed E-state index contributed by atoms with van der Waals surface area (Å²) in [5.74, 6) is 0.456. The molecule has 0 aliphatic rings. The summed E-state index contributed by atoms with van der Waals surface area (Å²) in [5.41, 5.74) is 2.24. The zero-order valence-electron chi connectivity index (χ0n) is 13.4. The van der Waals surface area contributed by atoms with E-state index < -0.39 is 0 Å². The summed E-state index contributed by atoms with van der Waals surface area (Å²) in [6, 6.07) is 5.16. The molecule has 0 saturated heterocycles. The van der Waals surface area contributed by atoms with Crippen molar-refractivity contribution in [2.75, 3.05) is 24.5 Å². The van der Waals surface area contributed by atoms with E-state index in [1.54, 1.807) is 12.1 Å². The predicted octanol–water partition coefficient (Wildman–Crippen LogP) is 4.20. The maximum atomic E-state index is 13.5. The highest BCUT2D eigenvalue weighted by atomic mass is 19.1. The van der Waals surface area contributed by atoms with Crippen LogP contribution in [0.5, 0.6) is 0 Å². The lowest BCUT2D eigenvalue weighted by atomic mass is 10.1. The Kier molecular flexibility index (Phi) is 7.60. The molecule has 3 heteroatoms. The fraction of sp³-hybridized carbons (Fsp3) is 0.647. The highest BCUT2D eigenvalue weighted by Crippen LogP contribution is 2.22. The second-order valence-electron chi connectivity index (χ2n) is 5.78. The fourth-order valence-electron chi connectivity index (χ4n) is 2.39. The number of nitrogens with zero attached hydrogens (tertiary/aromatic N) is 1. The van der Waals surface area contributed by atoms with Gasteiger partial charge in [-0.3, -0.25) is 0 Å². The van der Waals surface area contributed by atoms with Crippen molar-refractivity contribution >= 4 is 5.69 Å². The van der Waals surface area contributed by atoms with Gasteiger partial charge in [0.1, 0.15) is 5.82 Å². The first kappa shape index (κ1) is 17.0. The van der Waals surface area contributed by atoms with Crippen LogP contribution in [0.2, 0.25) is 0 Å². The van der Waals surface area contributed by atoms with Gasteiger partial charge in [-0.15, -0.1) is 0 Å². The number of benzene rings is 1. The Morgan fingerprint density at radius 1 is 1.15 bits per heavy atom. The molecule has 1 rings (SSSR count). The van der Waals surface area contributed by atoms with Crippen LogP contribution >= 0.6 is 0 Å². The molecule has 0 unspecified atom stereocenters. The van der Waals surface area contributed by atoms with E-state index >= 15 is 0 Å². The van der Waals surface area contributed by atoms with Crippen LogP contribution in [0.25, 0.3) is 0 Å². The molecule has 0 fully saturated rings. The van der Waals surface area contributed by atoms with E-state index in [1.165, 1.54) is 5.69 Å². The molecule has 1 aromatic carbocycles. The topological polar surface area (TPSA) is 15.3 Å². The third-order valence-electron chi connectivity index (χ3n) is 3.24. The average Bonchev–Trinajstić information content (AvgIpc) is 2.38. The second kappa shape index (κ2) is 8.96. The minimum Gasteiger partial charge on any atom is -0.371 e. The van der Waals surface area contributed by atoms with Crippen molar-refractivity contribution in [1.82, 2.24) is 5.32 Å². The summed E-state index contributed by atoms with van der Waals surface area (Å²) in [5, 5.41) is 3.41. The molecule has 0 aliphatic carbocycles. The van der Waals surface area contributed by atoms with E-state index in [1.807, 2.05) is 6.07 Å². The van der Waals surface area contributed by atoms with Crippen LogP contribution in [0.4, 0.5) is 10.1 Å². The molecule has 0 spiro atoms. The standard InChI is InChI=1S/C17H29FN2/c1-5-9-20(10-6-2)17-8-7-16(18)11-15(17)13-19-12-14(3)4/h7-8,11,14,19H,5-6,9-10,12-13H2,1-4H3. The molecule has 1 aromatic rings. The first-order chi connectivity index (χ1) is 9.58. The number of hydrogen-bond donors (Lipinski definition) is 1. The van der Waals surface area contributed by atoms with Crippen molar-refractivity contribution in [3.05, 3.63) is 29.6 Å². The summed E-state index contributed by atoms with van der Waals surface area (Å²) in [6.07, 6.45) is 2.21. The third-order valence-corrected chi connectivity index (χ3v) is 3.24. The Morgan fingerprint density at radius 3 is 2.35 bits per heavy atom. The SMILES string of the molecule is CCCN(CCC)c1ccc(F)cc1CNCC(C)C. The molecule has 0 bridgehead atoms. The lowest BCUT2D eigenvalue weighted by Crippen LogP contribution is -2.27. The molecule has 0 aromatic heterocycles. The Balaban J connectivity index is 2.86. The molecule has 1 N–H and O–H groups in total. The quantitative estimate of drug-likeness (QED) is 0.729. The Bertz CT molecular complexity index is 385. The predicted molar refractivity (Wildman–Crippen MR) is 85.7 cm³/mol. The van der Waals surface area contributed by atoms with Gasteiger partial charge in [-0.25, -0.2) is 4.39 Å². The van der Waals surface area contributed by atoms with Crippen LogP contribution < -0.4 is 10.2 Å². The van der Waals surface area contributed by atoms with Gasteiger partial charge >= 0.3 is 0 Å². The van der Waals surface area contributed by atoms with Gasteiger partial charge in [0.15, 0.2) is 0 Å². The monoisotopic (exact) mass is 280 g/mol. The molecular weight excluding hydrogens is 251 g/mol. The number of rotatable bonds is 9. The first-order valence-corrected chi connectivity index (χ1v) is 7.82. The van der Waals surface area contributed by atoms with E-state index in [0.717, 1.165) is 44.6 Å². The van der Waals surface area contributed by atoms with Crippen molar-refractivity contribution in [1.29, 1.82) is 0 Å². The lowest BCUT2D eigenvalue weighted by Gasteiger charge is -2.26. The van der Waals surface area contributed by atoms with Crippen molar-refractivity contribution in [3.8, 4) is 0 Å². The van der Waals surface area contributed by atoms with Gasteiger partial charge in [-0.2, -0.15) is 0 Å². The molecule has 2 nitrogen and oxygen atoms in total. The van der Waals surface area contributed by atoms with Crippen molar-refractivity contribution < 1.29 is 4.39 Å². The summed E-state index contributed by atoms with van der Waals surface area (Å²) in [6.45, 7) is 12.5. The summed E-state index contributed by atoms with van der Waals surface area (Å²) in [7, 11) is 0. The zero-order valence-corrected chi connectivity index (χ0v) is 13.4. The molecule has 0 radical (unpaired) electrons. The maximum absolute atomic E-state index is 13.5. The van der Waals surface area contributed by atoms with E-state index in [9.17, 15) is 4.39 Å². The molecule has 0 amide bonds. The molecule has 0 saturated carbocycles. The summed E-state index contributed by atoms with van der Waals surface area (Å²) in [4.78, 5) is 2.37. The first-order valence-electron chi connectivity index (χ1n) is 7.82. The normalized spacial score (nSPS) is 11.1. The van der Waals surface area contributed by atoms with Gasteiger partial charge in [0, 0.05) is 25.3 Å². The Morgan fingerprint density at radius 2 is 1.80 bits per heavy atom. The fourth-order valence-corrected chi connectivity index (χ4v) is 2.39. The van der Waals surface area contributed by atoms with Gasteiger partial charge in [0.25, 0.3) is 0 Å². The summed E-state index contributed by atoms with van der Waals surface area (Å²) < 4.78 is 13.5. The van der Waals surface area contributed by atoms with Gasteiger partial charge in [-0.1, -0.05) is 27.7 Å². The largest absolute Gasteiger partial charge is 0.371 e. The minimum atomic E-state index is -0.150. The number of nitrogens with one attached hydrogen (secondary N) is 1. The second-order valence-corrected chi connectivity index (χ2v) is 5.78. The van der Waals surface area contributed by atoms with Gasteiger partial charge < -0.3 is 10.2 Å². The number of anilines is 1. The van der Waals surface area contributed by atoms with E-state index in [4.69, 9.17) is 0 Å². The van der Waals surface area contributed by atoms with Gasteiger partial charge in [0.2, 0.25) is 0 Å². The third kappa shape index (κ3) is 5.49. The molecule has 114 valence electrons. The van der Waals surface area contributed by atoms with Crippen LogP contribution in [0, 0.1) is 11.7 Å². The lowest BCUT2D eigenvalue weighted by molar-refractivity contribution is 0.549. The van der Waals surface area contributed by atoms with Crippen LogP contribution in [0.3, 0.4) is 0 Å². The van der Waals surface area contributed by atoms with Crippen LogP contribution in [0.1, 0.15) is 46.1 Å². The number of hydrogen-bond acceptors (Lipinski definition) is 2. The van der Waals surface area contributed by atoms with Crippen LogP contribution in [-0.2, 0) is 6.54 Å². The molecule has 0 heterocycles. The minimum absolute atomic E-state index is 0.150. The average molecular weight is 280 g/mol. The molecular formula is C17H29FN2. The molecule has 0 atom stereocenters. The summed E-state index contributed by atoms with van der Waals surface area (Å²) >= 11 is 0. The molecule has 20 heavy (non-hydrogen) atoms. The van der Waals surface area contributed by atoms with Crippen molar-refractivity contribution in [2.24, 2.45) is 5.92 Å². The van der Waals surface area contributed by atoms with Crippen LogP contribution in [-0.4, -0.2) is 19.6 Å². The van der Waals surface area contributed by atoms with Gasteiger partial charge in [-0.05, 0) is 49.1 Å². The molecule has 0 aliphatic heterocycles. The van der Waals surface area contributed by atoms with Gasteiger partial charge in [0.05, 0.1) is 0 Å². The highest BCUT2D eigenvalue weighted by molar-refractivity contribution is 5.53. The van der Waals surface area contributed by atoms with Crippen molar-refractivity contribution in [3.63, 3.8) is 0 Å².